The minimum Gasteiger partial charge on any atom is -0.488 e. The van der Waals surface area contributed by atoms with Gasteiger partial charge in [-0.25, -0.2) is 0 Å². The number of hydrogen-bond acceptors (Lipinski definition) is 2. The molecule has 0 spiro atoms. The summed E-state index contributed by atoms with van der Waals surface area (Å²) in [4.78, 5) is 0. The molecule has 0 saturated heterocycles. The fourth-order valence-electron chi connectivity index (χ4n) is 2.28. The van der Waals surface area contributed by atoms with E-state index in [9.17, 15) is 0 Å². The second kappa shape index (κ2) is 3.27. The molecule has 78 valence electrons. The molecule has 0 fully saturated rings. The van der Waals surface area contributed by atoms with Gasteiger partial charge in [-0.1, -0.05) is 6.92 Å². The first-order valence-electron chi connectivity index (χ1n) is 5.25. The van der Waals surface area contributed by atoms with Gasteiger partial charge in [-0.05, 0) is 49.9 Å². The van der Waals surface area contributed by atoms with Gasteiger partial charge in [0, 0.05) is 0 Å². The summed E-state index contributed by atoms with van der Waals surface area (Å²) in [6, 6.07) is 7.82. The summed E-state index contributed by atoms with van der Waals surface area (Å²) in [5.74, 6) is 1.38. The Kier molecular flexibility index (Phi) is 2.19. The van der Waals surface area contributed by atoms with Crippen LogP contribution < -0.4 is 4.74 Å². The van der Waals surface area contributed by atoms with Crippen molar-refractivity contribution in [1.82, 2.24) is 0 Å². The molecule has 1 atom stereocenters. The number of fused-ring (bicyclic) bond motifs is 1. The Morgan fingerprint density at radius 1 is 1.47 bits per heavy atom. The Morgan fingerprint density at radius 3 is 2.87 bits per heavy atom. The largest absolute Gasteiger partial charge is 0.488 e. The molecule has 0 N–H and O–H groups in total. The maximum absolute atomic E-state index is 8.84. The third-order valence-electron chi connectivity index (χ3n) is 2.85. The monoisotopic (exact) mass is 201 g/mol. The molecule has 0 unspecified atom stereocenters. The molecule has 2 rings (SSSR count). The molecule has 0 aliphatic carbocycles. The van der Waals surface area contributed by atoms with Crippen LogP contribution in [0, 0.1) is 11.3 Å². The highest BCUT2D eigenvalue weighted by molar-refractivity contribution is 5.45. The van der Waals surface area contributed by atoms with Gasteiger partial charge >= 0.3 is 0 Å². The highest BCUT2D eigenvalue weighted by Crippen LogP contribution is 2.40. The third kappa shape index (κ3) is 1.83. The highest BCUT2D eigenvalue weighted by atomic mass is 16.5. The topological polar surface area (TPSA) is 33.0 Å². The molecule has 0 bridgehead atoms. The summed E-state index contributed by atoms with van der Waals surface area (Å²) < 4.78 is 5.88. The van der Waals surface area contributed by atoms with Crippen LogP contribution >= 0.6 is 0 Å². The van der Waals surface area contributed by atoms with Crippen molar-refractivity contribution < 1.29 is 4.74 Å². The number of rotatable bonds is 0. The number of hydrogen-bond donors (Lipinski definition) is 0. The second-order valence-electron chi connectivity index (χ2n) is 4.83. The van der Waals surface area contributed by atoms with Gasteiger partial charge in [0.15, 0.2) is 0 Å². The molecule has 0 aromatic heterocycles. The summed E-state index contributed by atoms with van der Waals surface area (Å²) in [6.07, 6.45) is 0.995. The van der Waals surface area contributed by atoms with E-state index in [2.05, 4.69) is 26.8 Å². The zero-order valence-electron chi connectivity index (χ0n) is 9.37. The normalized spacial score (nSPS) is 22.4. The fraction of sp³-hybridized carbons (Fsp3) is 0.462. The van der Waals surface area contributed by atoms with E-state index >= 15 is 0 Å². The lowest BCUT2D eigenvalue weighted by Gasteiger charge is -2.36. The molecule has 1 aliphatic heterocycles. The van der Waals surface area contributed by atoms with E-state index < -0.39 is 0 Å². The van der Waals surface area contributed by atoms with Crippen LogP contribution in [0.1, 0.15) is 44.2 Å². The summed E-state index contributed by atoms with van der Waals surface area (Å²) in [5, 5.41) is 8.84. The number of ether oxygens (including phenoxy) is 1. The van der Waals surface area contributed by atoms with Crippen LogP contribution in [0.2, 0.25) is 0 Å². The third-order valence-corrected chi connectivity index (χ3v) is 2.85. The van der Waals surface area contributed by atoms with E-state index in [1.165, 1.54) is 0 Å². The van der Waals surface area contributed by atoms with Crippen molar-refractivity contribution in [2.75, 3.05) is 0 Å². The Hall–Kier alpha value is -1.49. The van der Waals surface area contributed by atoms with Crippen LogP contribution in [0.4, 0.5) is 0 Å². The standard InChI is InChI=1S/C13H15NO/c1-9-7-13(2,3)15-12-5-4-10(8-14)6-11(9)12/h4-6,9H,7H2,1-3H3/t9-/m0/s1. The average molecular weight is 201 g/mol. The van der Waals surface area contributed by atoms with Crippen molar-refractivity contribution >= 4 is 0 Å². The quantitative estimate of drug-likeness (QED) is 0.645. The second-order valence-corrected chi connectivity index (χ2v) is 4.83. The summed E-state index contributed by atoms with van der Waals surface area (Å²) >= 11 is 0. The van der Waals surface area contributed by atoms with E-state index in [0.29, 0.717) is 11.5 Å². The average Bonchev–Trinajstić information content (AvgIpc) is 2.15. The van der Waals surface area contributed by atoms with Gasteiger partial charge in [0.05, 0.1) is 11.6 Å². The van der Waals surface area contributed by atoms with Gasteiger partial charge in [-0.2, -0.15) is 5.26 Å². The van der Waals surface area contributed by atoms with Crippen LogP contribution in [0.5, 0.6) is 5.75 Å². The van der Waals surface area contributed by atoms with Crippen molar-refractivity contribution in [1.29, 1.82) is 5.26 Å². The first kappa shape index (κ1) is 10.0. The SMILES string of the molecule is C[C@H]1CC(C)(C)Oc2ccc(C#N)cc21. The lowest BCUT2D eigenvalue weighted by Crippen LogP contribution is -2.34. The number of nitrogens with zero attached hydrogens (tertiary/aromatic N) is 1. The molecule has 1 aromatic carbocycles. The maximum atomic E-state index is 8.84. The van der Waals surface area contributed by atoms with Crippen LogP contribution in [0.3, 0.4) is 0 Å². The van der Waals surface area contributed by atoms with Crippen molar-refractivity contribution in [3.05, 3.63) is 29.3 Å². The molecule has 1 aromatic rings. The summed E-state index contributed by atoms with van der Waals surface area (Å²) in [5.41, 5.74) is 1.78. The zero-order chi connectivity index (χ0) is 11.1. The van der Waals surface area contributed by atoms with Crippen molar-refractivity contribution in [3.8, 4) is 11.8 Å². The molecule has 1 aliphatic rings. The van der Waals surface area contributed by atoms with Gasteiger partial charge in [-0.15, -0.1) is 0 Å². The summed E-state index contributed by atoms with van der Waals surface area (Å²) in [7, 11) is 0. The van der Waals surface area contributed by atoms with Gasteiger partial charge in [0.25, 0.3) is 0 Å². The molecule has 0 saturated carbocycles. The molecule has 0 radical (unpaired) electrons. The smallest absolute Gasteiger partial charge is 0.123 e. The van der Waals surface area contributed by atoms with Gasteiger partial charge in [0.1, 0.15) is 11.4 Å². The first-order chi connectivity index (χ1) is 7.02. The van der Waals surface area contributed by atoms with Crippen molar-refractivity contribution in [3.63, 3.8) is 0 Å². The molecule has 0 amide bonds. The highest BCUT2D eigenvalue weighted by Gasteiger charge is 2.31. The van der Waals surface area contributed by atoms with E-state index in [0.717, 1.165) is 17.7 Å². The van der Waals surface area contributed by atoms with E-state index in [1.54, 1.807) is 0 Å². The number of benzene rings is 1. The molecule has 1 heterocycles. The minimum atomic E-state index is -0.0967. The predicted molar refractivity (Wildman–Crippen MR) is 58.9 cm³/mol. The zero-order valence-corrected chi connectivity index (χ0v) is 9.37. The summed E-state index contributed by atoms with van der Waals surface area (Å²) in [6.45, 7) is 6.39. The van der Waals surface area contributed by atoms with E-state index in [1.807, 2.05) is 18.2 Å². The van der Waals surface area contributed by atoms with Crippen LogP contribution in [-0.2, 0) is 0 Å². The molecule has 2 nitrogen and oxygen atoms in total. The van der Waals surface area contributed by atoms with Crippen LogP contribution in [-0.4, -0.2) is 5.60 Å². The first-order valence-corrected chi connectivity index (χ1v) is 5.25. The van der Waals surface area contributed by atoms with E-state index in [-0.39, 0.29) is 5.60 Å². The maximum Gasteiger partial charge on any atom is 0.123 e. The Balaban J connectivity index is 2.47. The lowest BCUT2D eigenvalue weighted by atomic mass is 9.85. The van der Waals surface area contributed by atoms with Crippen molar-refractivity contribution in [2.24, 2.45) is 0 Å². The van der Waals surface area contributed by atoms with Gasteiger partial charge < -0.3 is 4.74 Å². The fourth-order valence-corrected chi connectivity index (χ4v) is 2.28. The van der Waals surface area contributed by atoms with Gasteiger partial charge in [-0.3, -0.25) is 0 Å². The van der Waals surface area contributed by atoms with Crippen LogP contribution in [0.25, 0.3) is 0 Å². The molecule has 2 heteroatoms. The Morgan fingerprint density at radius 2 is 2.20 bits per heavy atom. The lowest BCUT2D eigenvalue weighted by molar-refractivity contribution is 0.0746. The number of nitriles is 1. The Bertz CT molecular complexity index is 429. The Labute approximate surface area is 90.5 Å². The molecule has 15 heavy (non-hydrogen) atoms. The van der Waals surface area contributed by atoms with Crippen LogP contribution in [0.15, 0.2) is 18.2 Å². The van der Waals surface area contributed by atoms with Crippen molar-refractivity contribution in [2.45, 2.75) is 38.7 Å². The molecular weight excluding hydrogens is 186 g/mol. The minimum absolute atomic E-state index is 0.0967. The van der Waals surface area contributed by atoms with Gasteiger partial charge in [0.2, 0.25) is 0 Å². The predicted octanol–water partition coefficient (Wildman–Crippen LogP) is 3.22. The van der Waals surface area contributed by atoms with E-state index in [4.69, 9.17) is 10.00 Å². The molecular formula is C13H15NO.